The van der Waals surface area contributed by atoms with Crippen molar-refractivity contribution in [3.8, 4) is 85.5 Å². The summed E-state index contributed by atoms with van der Waals surface area (Å²) in [5, 5.41) is 9.39. The zero-order chi connectivity index (χ0) is 38.4. The van der Waals surface area contributed by atoms with Crippen molar-refractivity contribution < 1.29 is 0 Å². The number of aromatic nitrogens is 6. The SMILES string of the molecule is N#Cc1cccc(-c2ccc(-c3nc(-c4ccccc4)nc(-c4cccc(Sc5cccc(-c6nc(-c7ccccc7)nc(-c7ccccc7)n6)c5)c4)n3)cc2)c1. The number of hydrogen-bond donors (Lipinski definition) is 0. The topological polar surface area (TPSA) is 101 Å². The van der Waals surface area contributed by atoms with Gasteiger partial charge in [0.2, 0.25) is 0 Å². The Kier molecular flexibility index (Phi) is 9.87. The van der Waals surface area contributed by atoms with Crippen LogP contribution in [0.5, 0.6) is 0 Å². The zero-order valence-corrected chi connectivity index (χ0v) is 31.3. The summed E-state index contributed by atoms with van der Waals surface area (Å²) in [7, 11) is 0. The highest BCUT2D eigenvalue weighted by molar-refractivity contribution is 7.99. The van der Waals surface area contributed by atoms with Gasteiger partial charge >= 0.3 is 0 Å². The number of benzene rings is 7. The third kappa shape index (κ3) is 7.96. The summed E-state index contributed by atoms with van der Waals surface area (Å²) >= 11 is 1.65. The van der Waals surface area contributed by atoms with Crippen molar-refractivity contribution in [3.05, 3.63) is 194 Å². The van der Waals surface area contributed by atoms with Gasteiger partial charge in [0.1, 0.15) is 0 Å². The molecule has 0 spiro atoms. The van der Waals surface area contributed by atoms with E-state index in [-0.39, 0.29) is 0 Å². The van der Waals surface area contributed by atoms with E-state index in [1.54, 1.807) is 17.8 Å². The molecule has 0 aliphatic carbocycles. The summed E-state index contributed by atoms with van der Waals surface area (Å²) < 4.78 is 0. The molecule has 8 heteroatoms. The fourth-order valence-corrected chi connectivity index (χ4v) is 7.34. The van der Waals surface area contributed by atoms with E-state index in [9.17, 15) is 5.26 Å². The number of rotatable bonds is 9. The Morgan fingerprint density at radius 3 is 1.05 bits per heavy atom. The minimum absolute atomic E-state index is 0.573. The van der Waals surface area contributed by atoms with Crippen LogP contribution >= 0.6 is 11.8 Å². The molecule has 0 saturated carbocycles. The van der Waals surface area contributed by atoms with Crippen LogP contribution in [0, 0.1) is 11.3 Å². The highest BCUT2D eigenvalue weighted by Gasteiger charge is 2.15. The normalized spacial score (nSPS) is 10.9. The number of nitrogens with zero attached hydrogens (tertiary/aromatic N) is 7. The van der Waals surface area contributed by atoms with Crippen LogP contribution in [0.1, 0.15) is 5.56 Å². The predicted octanol–water partition coefficient (Wildman–Crippen LogP) is 11.7. The summed E-state index contributed by atoms with van der Waals surface area (Å²) in [5.74, 6) is 3.59. The first-order valence-electron chi connectivity index (χ1n) is 18.3. The lowest BCUT2D eigenvalue weighted by Gasteiger charge is -2.11. The van der Waals surface area contributed by atoms with Gasteiger partial charge in [-0.3, -0.25) is 0 Å². The second kappa shape index (κ2) is 16.0. The van der Waals surface area contributed by atoms with Gasteiger partial charge in [-0.2, -0.15) is 5.26 Å². The quantitative estimate of drug-likeness (QED) is 0.144. The van der Waals surface area contributed by atoms with Crippen LogP contribution in [0.3, 0.4) is 0 Å². The van der Waals surface area contributed by atoms with Crippen molar-refractivity contribution in [2.24, 2.45) is 0 Å². The maximum absolute atomic E-state index is 9.39. The lowest BCUT2D eigenvalue weighted by molar-refractivity contribution is 1.07. The number of nitriles is 1. The second-order valence-electron chi connectivity index (χ2n) is 13.1. The molecule has 9 rings (SSSR count). The van der Waals surface area contributed by atoms with Crippen molar-refractivity contribution >= 4 is 11.8 Å². The largest absolute Gasteiger partial charge is 0.208 e. The predicted molar refractivity (Wildman–Crippen MR) is 227 cm³/mol. The first kappa shape index (κ1) is 35.1. The molecule has 0 atom stereocenters. The van der Waals surface area contributed by atoms with Crippen LogP contribution < -0.4 is 0 Å². The standard InChI is InChI=1S/C49H31N7S/c50-32-33-13-10-20-39(29-33)34-25-27-38(28-26-34)47-52-46(37-18-8-3-9-19-37)55-49(56-47)41-22-12-24-43(31-41)57-42-23-11-21-40(30-42)48-53-44(35-14-4-1-5-15-35)51-45(54-48)36-16-6-2-7-17-36/h1-31H. The van der Waals surface area contributed by atoms with E-state index in [2.05, 4.69) is 30.3 Å². The summed E-state index contributed by atoms with van der Waals surface area (Å²) in [6.07, 6.45) is 0. The van der Waals surface area contributed by atoms with Crippen molar-refractivity contribution in [1.29, 1.82) is 5.26 Å². The van der Waals surface area contributed by atoms with Gasteiger partial charge in [0.05, 0.1) is 11.6 Å². The Balaban J connectivity index is 1.04. The van der Waals surface area contributed by atoms with Gasteiger partial charge < -0.3 is 0 Å². The van der Waals surface area contributed by atoms with E-state index in [0.717, 1.165) is 54.3 Å². The molecule has 2 aromatic heterocycles. The smallest absolute Gasteiger partial charge is 0.164 e. The van der Waals surface area contributed by atoms with Gasteiger partial charge in [0, 0.05) is 43.2 Å². The fourth-order valence-electron chi connectivity index (χ4n) is 6.40. The summed E-state index contributed by atoms with van der Waals surface area (Å²) in [4.78, 5) is 31.7. The summed E-state index contributed by atoms with van der Waals surface area (Å²) in [6, 6.07) is 64.4. The Labute approximate surface area is 334 Å². The second-order valence-corrected chi connectivity index (χ2v) is 14.3. The number of hydrogen-bond acceptors (Lipinski definition) is 8. The van der Waals surface area contributed by atoms with Gasteiger partial charge in [-0.1, -0.05) is 163 Å². The van der Waals surface area contributed by atoms with Gasteiger partial charge in [-0.05, 0) is 47.5 Å². The molecule has 0 fully saturated rings. The lowest BCUT2D eigenvalue weighted by atomic mass is 10.0. The average Bonchev–Trinajstić information content (AvgIpc) is 3.30. The van der Waals surface area contributed by atoms with Crippen LogP contribution in [-0.2, 0) is 0 Å². The molecule has 0 aliphatic heterocycles. The van der Waals surface area contributed by atoms with Crippen LogP contribution in [0.15, 0.2) is 198 Å². The van der Waals surface area contributed by atoms with Crippen molar-refractivity contribution in [1.82, 2.24) is 29.9 Å². The van der Waals surface area contributed by atoms with E-state index >= 15 is 0 Å². The molecule has 2 heterocycles. The van der Waals surface area contributed by atoms with E-state index in [4.69, 9.17) is 29.9 Å². The van der Waals surface area contributed by atoms with Crippen LogP contribution in [0.4, 0.5) is 0 Å². The van der Waals surface area contributed by atoms with Gasteiger partial charge in [-0.15, -0.1) is 0 Å². The minimum Gasteiger partial charge on any atom is -0.208 e. The minimum atomic E-state index is 0.573. The first-order chi connectivity index (χ1) is 28.1. The van der Waals surface area contributed by atoms with E-state index in [0.29, 0.717) is 40.5 Å². The molecule has 0 N–H and O–H groups in total. The molecule has 268 valence electrons. The fraction of sp³-hybridized carbons (Fsp3) is 0. The van der Waals surface area contributed by atoms with E-state index < -0.39 is 0 Å². The lowest BCUT2D eigenvalue weighted by Crippen LogP contribution is -2.00. The molecule has 7 aromatic carbocycles. The van der Waals surface area contributed by atoms with Crippen LogP contribution in [0.2, 0.25) is 0 Å². The van der Waals surface area contributed by atoms with Gasteiger partial charge in [0.15, 0.2) is 34.9 Å². The van der Waals surface area contributed by atoms with Crippen LogP contribution in [0.25, 0.3) is 79.5 Å². The summed E-state index contributed by atoms with van der Waals surface area (Å²) in [6.45, 7) is 0. The Hall–Kier alpha value is -7.60. The van der Waals surface area contributed by atoms with Crippen molar-refractivity contribution in [2.75, 3.05) is 0 Å². The average molecular weight is 750 g/mol. The molecular weight excluding hydrogens is 719 g/mol. The molecule has 0 saturated heterocycles. The Morgan fingerprint density at radius 2 is 0.632 bits per heavy atom. The Bertz CT molecular complexity index is 2820. The maximum Gasteiger partial charge on any atom is 0.164 e. The van der Waals surface area contributed by atoms with Gasteiger partial charge in [-0.25, -0.2) is 29.9 Å². The van der Waals surface area contributed by atoms with Crippen molar-refractivity contribution in [3.63, 3.8) is 0 Å². The molecular formula is C49H31N7S. The van der Waals surface area contributed by atoms with E-state index in [1.165, 1.54) is 0 Å². The van der Waals surface area contributed by atoms with Crippen LogP contribution in [-0.4, -0.2) is 29.9 Å². The third-order valence-corrected chi connectivity index (χ3v) is 10.2. The molecule has 0 radical (unpaired) electrons. The maximum atomic E-state index is 9.39. The highest BCUT2D eigenvalue weighted by atomic mass is 32.2. The molecule has 57 heavy (non-hydrogen) atoms. The molecule has 0 bridgehead atoms. The van der Waals surface area contributed by atoms with Crippen molar-refractivity contribution in [2.45, 2.75) is 9.79 Å². The molecule has 0 amide bonds. The molecule has 9 aromatic rings. The highest BCUT2D eigenvalue weighted by Crippen LogP contribution is 2.34. The third-order valence-electron chi connectivity index (χ3n) is 9.26. The molecule has 0 unspecified atom stereocenters. The van der Waals surface area contributed by atoms with Gasteiger partial charge in [0.25, 0.3) is 0 Å². The van der Waals surface area contributed by atoms with E-state index in [1.807, 2.05) is 158 Å². The summed E-state index contributed by atoms with van der Waals surface area (Å²) in [5.41, 5.74) is 7.99. The monoisotopic (exact) mass is 749 g/mol. The zero-order valence-electron chi connectivity index (χ0n) is 30.4. The Morgan fingerprint density at radius 1 is 0.298 bits per heavy atom. The molecule has 0 aliphatic rings. The first-order valence-corrected chi connectivity index (χ1v) is 19.1. The molecule has 7 nitrogen and oxygen atoms in total.